The second kappa shape index (κ2) is 6.99. The van der Waals surface area contributed by atoms with Crippen LogP contribution in [-0.2, 0) is 10.2 Å². The standard InChI is InChI=1S/C19H23N5OS/c1-12(26-18-23-22-17(24(18)20)19(2,3)4)16(25)21-15-10-9-13-7-5-6-8-14(13)11-15/h5-12H,20H2,1-4H3,(H,21,25)/t12-/m0/s1. The molecular formula is C19H23N5OS. The molecule has 2 aromatic carbocycles. The highest BCUT2D eigenvalue weighted by Gasteiger charge is 2.25. The van der Waals surface area contributed by atoms with Crippen LogP contribution in [0.15, 0.2) is 47.6 Å². The first-order valence-electron chi connectivity index (χ1n) is 8.43. The van der Waals surface area contributed by atoms with E-state index in [1.807, 2.05) is 70.2 Å². The molecule has 1 amide bonds. The number of nitrogens with zero attached hydrogens (tertiary/aromatic N) is 3. The Balaban J connectivity index is 1.70. The summed E-state index contributed by atoms with van der Waals surface area (Å²) >= 11 is 1.29. The first-order chi connectivity index (χ1) is 12.3. The number of fused-ring (bicyclic) bond motifs is 1. The van der Waals surface area contributed by atoms with E-state index in [1.54, 1.807) is 0 Å². The van der Waals surface area contributed by atoms with E-state index in [9.17, 15) is 4.79 Å². The molecule has 0 bridgehead atoms. The summed E-state index contributed by atoms with van der Waals surface area (Å²) < 4.78 is 1.46. The Morgan fingerprint density at radius 1 is 1.15 bits per heavy atom. The van der Waals surface area contributed by atoms with E-state index in [1.165, 1.54) is 16.4 Å². The summed E-state index contributed by atoms with van der Waals surface area (Å²) in [5.41, 5.74) is 0.558. The van der Waals surface area contributed by atoms with Gasteiger partial charge in [-0.05, 0) is 29.8 Å². The molecule has 0 saturated carbocycles. The summed E-state index contributed by atoms with van der Waals surface area (Å²) in [4.78, 5) is 12.5. The van der Waals surface area contributed by atoms with Crippen LogP contribution < -0.4 is 11.2 Å². The van der Waals surface area contributed by atoms with Crippen molar-refractivity contribution >= 4 is 34.1 Å². The van der Waals surface area contributed by atoms with Gasteiger partial charge in [0.2, 0.25) is 11.1 Å². The van der Waals surface area contributed by atoms with Crippen LogP contribution >= 0.6 is 11.8 Å². The Morgan fingerprint density at radius 3 is 2.50 bits per heavy atom. The number of rotatable bonds is 4. The minimum Gasteiger partial charge on any atom is -0.336 e. The largest absolute Gasteiger partial charge is 0.336 e. The summed E-state index contributed by atoms with van der Waals surface area (Å²) in [7, 11) is 0. The Kier molecular flexibility index (Phi) is 4.91. The quantitative estimate of drug-likeness (QED) is 0.542. The molecule has 3 aromatic rings. The van der Waals surface area contributed by atoms with Crippen molar-refractivity contribution in [1.29, 1.82) is 0 Å². The number of nitrogens with two attached hydrogens (primary N) is 1. The number of anilines is 1. The average molecular weight is 369 g/mol. The molecule has 1 atom stereocenters. The first kappa shape index (κ1) is 18.3. The van der Waals surface area contributed by atoms with Gasteiger partial charge in [0, 0.05) is 11.1 Å². The number of amides is 1. The Morgan fingerprint density at radius 2 is 1.85 bits per heavy atom. The lowest BCUT2D eigenvalue weighted by atomic mass is 9.96. The molecule has 0 aliphatic heterocycles. The van der Waals surface area contributed by atoms with Crippen LogP contribution in [0.3, 0.4) is 0 Å². The summed E-state index contributed by atoms with van der Waals surface area (Å²) in [6.45, 7) is 7.88. The second-order valence-electron chi connectivity index (χ2n) is 7.24. The molecule has 1 aromatic heterocycles. The third-order valence-electron chi connectivity index (χ3n) is 4.00. The molecule has 0 aliphatic rings. The van der Waals surface area contributed by atoms with Crippen molar-refractivity contribution in [2.24, 2.45) is 0 Å². The van der Waals surface area contributed by atoms with Crippen molar-refractivity contribution in [3.05, 3.63) is 48.3 Å². The normalized spacial score (nSPS) is 12.9. The number of carbonyl (C=O) groups excluding carboxylic acids is 1. The van der Waals surface area contributed by atoms with E-state index in [0.29, 0.717) is 11.0 Å². The van der Waals surface area contributed by atoms with Crippen molar-refractivity contribution in [2.45, 2.75) is 43.5 Å². The minimum atomic E-state index is -0.360. The fourth-order valence-electron chi connectivity index (χ4n) is 2.59. The van der Waals surface area contributed by atoms with E-state index in [-0.39, 0.29) is 16.6 Å². The topological polar surface area (TPSA) is 85.8 Å². The molecule has 0 radical (unpaired) electrons. The van der Waals surface area contributed by atoms with Gasteiger partial charge in [0.25, 0.3) is 0 Å². The first-order valence-corrected chi connectivity index (χ1v) is 9.31. The van der Waals surface area contributed by atoms with E-state index in [4.69, 9.17) is 5.84 Å². The average Bonchev–Trinajstić information content (AvgIpc) is 2.95. The van der Waals surface area contributed by atoms with Gasteiger partial charge in [-0.15, -0.1) is 10.2 Å². The molecular weight excluding hydrogens is 346 g/mol. The zero-order valence-corrected chi connectivity index (χ0v) is 16.2. The highest BCUT2D eigenvalue weighted by molar-refractivity contribution is 8.00. The van der Waals surface area contributed by atoms with Crippen LogP contribution in [0.5, 0.6) is 0 Å². The van der Waals surface area contributed by atoms with Crippen molar-refractivity contribution < 1.29 is 4.79 Å². The fourth-order valence-corrected chi connectivity index (χ4v) is 3.36. The Labute approximate surface area is 157 Å². The molecule has 0 saturated heterocycles. The van der Waals surface area contributed by atoms with Crippen LogP contribution in [0.1, 0.15) is 33.5 Å². The molecule has 7 heteroatoms. The number of hydrogen-bond donors (Lipinski definition) is 2. The van der Waals surface area contributed by atoms with E-state index in [0.717, 1.165) is 16.5 Å². The number of hydrogen-bond acceptors (Lipinski definition) is 5. The lowest BCUT2D eigenvalue weighted by Crippen LogP contribution is -2.26. The van der Waals surface area contributed by atoms with Crippen molar-refractivity contribution in [3.8, 4) is 0 Å². The fraction of sp³-hybridized carbons (Fsp3) is 0.316. The molecule has 6 nitrogen and oxygen atoms in total. The van der Waals surface area contributed by atoms with E-state index in [2.05, 4.69) is 15.5 Å². The maximum atomic E-state index is 12.5. The van der Waals surface area contributed by atoms with Gasteiger partial charge < -0.3 is 11.2 Å². The Hall–Kier alpha value is -2.54. The maximum absolute atomic E-state index is 12.5. The van der Waals surface area contributed by atoms with E-state index < -0.39 is 0 Å². The molecule has 136 valence electrons. The predicted molar refractivity (Wildman–Crippen MR) is 107 cm³/mol. The van der Waals surface area contributed by atoms with Crippen LogP contribution in [0.25, 0.3) is 10.8 Å². The van der Waals surface area contributed by atoms with Gasteiger partial charge in [-0.3, -0.25) is 4.79 Å². The molecule has 0 spiro atoms. The van der Waals surface area contributed by atoms with Gasteiger partial charge in [0.15, 0.2) is 5.82 Å². The molecule has 0 fully saturated rings. The summed E-state index contributed by atoms with van der Waals surface area (Å²) in [6, 6.07) is 13.9. The number of aromatic nitrogens is 3. The molecule has 3 rings (SSSR count). The zero-order valence-electron chi connectivity index (χ0n) is 15.4. The van der Waals surface area contributed by atoms with Gasteiger partial charge in [-0.1, -0.05) is 62.9 Å². The zero-order chi connectivity index (χ0) is 18.9. The summed E-state index contributed by atoms with van der Waals surface area (Å²) in [6.07, 6.45) is 0. The third kappa shape index (κ3) is 3.83. The van der Waals surface area contributed by atoms with Crippen LogP contribution in [0.4, 0.5) is 5.69 Å². The smallest absolute Gasteiger partial charge is 0.237 e. The van der Waals surface area contributed by atoms with Crippen molar-refractivity contribution in [1.82, 2.24) is 14.9 Å². The number of nitrogens with one attached hydrogen (secondary N) is 1. The monoisotopic (exact) mass is 369 g/mol. The molecule has 0 unspecified atom stereocenters. The Bertz CT molecular complexity index is 944. The lowest BCUT2D eigenvalue weighted by molar-refractivity contribution is -0.115. The van der Waals surface area contributed by atoms with Gasteiger partial charge in [-0.25, -0.2) is 4.68 Å². The second-order valence-corrected chi connectivity index (χ2v) is 8.55. The van der Waals surface area contributed by atoms with Crippen LogP contribution in [-0.4, -0.2) is 26.0 Å². The van der Waals surface area contributed by atoms with E-state index >= 15 is 0 Å². The third-order valence-corrected chi connectivity index (χ3v) is 5.06. The molecule has 3 N–H and O–H groups in total. The molecule has 1 heterocycles. The van der Waals surface area contributed by atoms with Gasteiger partial charge >= 0.3 is 0 Å². The van der Waals surface area contributed by atoms with Crippen LogP contribution in [0, 0.1) is 0 Å². The summed E-state index contributed by atoms with van der Waals surface area (Å²) in [5, 5.41) is 13.6. The number of thioether (sulfide) groups is 1. The predicted octanol–water partition coefficient (Wildman–Crippen LogP) is 3.56. The minimum absolute atomic E-state index is 0.106. The molecule has 26 heavy (non-hydrogen) atoms. The van der Waals surface area contributed by atoms with Gasteiger partial charge in [0.05, 0.1) is 5.25 Å². The lowest BCUT2D eigenvalue weighted by Gasteiger charge is -2.17. The van der Waals surface area contributed by atoms with Gasteiger partial charge in [0.1, 0.15) is 0 Å². The number of nitrogen functional groups attached to an aromatic ring is 1. The highest BCUT2D eigenvalue weighted by atomic mass is 32.2. The summed E-state index contributed by atoms with van der Waals surface area (Å²) in [5.74, 6) is 6.67. The van der Waals surface area contributed by atoms with Crippen LogP contribution in [0.2, 0.25) is 0 Å². The number of benzene rings is 2. The maximum Gasteiger partial charge on any atom is 0.237 e. The SMILES string of the molecule is C[C@H](Sc1nnc(C(C)(C)C)n1N)C(=O)Nc1ccc2ccccc2c1. The van der Waals surface area contributed by atoms with Gasteiger partial charge in [-0.2, -0.15) is 0 Å². The van der Waals surface area contributed by atoms with Crippen molar-refractivity contribution in [2.75, 3.05) is 11.2 Å². The highest BCUT2D eigenvalue weighted by Crippen LogP contribution is 2.26. The van der Waals surface area contributed by atoms with Crippen molar-refractivity contribution in [3.63, 3.8) is 0 Å². The molecule has 0 aliphatic carbocycles. The number of carbonyl (C=O) groups is 1.